The van der Waals surface area contributed by atoms with Gasteiger partial charge >= 0.3 is 5.97 Å². The molecule has 1 atom stereocenters. The number of aromatic nitrogens is 2. The van der Waals surface area contributed by atoms with Gasteiger partial charge in [-0.25, -0.2) is 13.7 Å². The van der Waals surface area contributed by atoms with Gasteiger partial charge in [0.05, 0.1) is 28.9 Å². The summed E-state index contributed by atoms with van der Waals surface area (Å²) in [6, 6.07) is 28.4. The smallest absolute Gasteiger partial charge is 0.335 e. The van der Waals surface area contributed by atoms with Crippen molar-refractivity contribution >= 4 is 28.2 Å². The van der Waals surface area contributed by atoms with Gasteiger partial charge < -0.3 is 10.4 Å². The Morgan fingerprint density at radius 3 is 2.46 bits per heavy atom. The predicted molar refractivity (Wildman–Crippen MR) is 157 cm³/mol. The molecule has 202 valence electrons. The van der Waals surface area contributed by atoms with E-state index in [2.05, 4.69) is 10.4 Å². The molecule has 0 aliphatic heterocycles. The first-order valence-electron chi connectivity index (χ1n) is 13.2. The molecule has 0 bridgehead atoms. The molecule has 2 aromatic heterocycles. The number of amides is 1. The minimum Gasteiger partial charge on any atom is -0.478 e. The van der Waals surface area contributed by atoms with Crippen LogP contribution in [0.2, 0.25) is 0 Å². The minimum absolute atomic E-state index is 0.185. The number of carboxylic acids is 1. The van der Waals surface area contributed by atoms with Crippen LogP contribution in [0, 0.1) is 5.82 Å². The van der Waals surface area contributed by atoms with E-state index in [0.29, 0.717) is 22.9 Å². The van der Waals surface area contributed by atoms with Crippen LogP contribution in [0.4, 0.5) is 4.39 Å². The molecule has 0 radical (unpaired) electrons. The summed E-state index contributed by atoms with van der Waals surface area (Å²) in [5.74, 6) is -1.53. The van der Waals surface area contributed by atoms with Crippen LogP contribution in [0.5, 0.6) is 0 Å². The number of nitrogens with one attached hydrogen (secondary N) is 1. The Bertz CT molecular complexity index is 1910. The zero-order valence-corrected chi connectivity index (χ0v) is 22.2. The van der Waals surface area contributed by atoms with Crippen molar-refractivity contribution in [3.8, 4) is 11.1 Å². The number of fused-ring (bicyclic) bond motifs is 2. The standard InChI is InChI=1S/C34H26FN3O3/c1-21(23-11-13-25(14-12-23)34(40)41)37-33(39)30-18-28(24-6-3-2-4-7-24)20-38-32(30)27(19-36-38)17-22-10-15-29-26(16-22)8-5-9-31(29)35/h2-16,18-21H,17H2,1H3,(H,37,39)(H,40,41)/t21-/m0/s1. The Kier molecular flexibility index (Phi) is 6.77. The summed E-state index contributed by atoms with van der Waals surface area (Å²) in [6.07, 6.45) is 4.19. The lowest BCUT2D eigenvalue weighted by Crippen LogP contribution is -2.27. The van der Waals surface area contributed by atoms with Crippen molar-refractivity contribution < 1.29 is 19.1 Å². The fourth-order valence-corrected chi connectivity index (χ4v) is 5.17. The first kappa shape index (κ1) is 26.0. The maximum atomic E-state index is 14.2. The molecule has 0 unspecified atom stereocenters. The van der Waals surface area contributed by atoms with Gasteiger partial charge in [0, 0.05) is 29.1 Å². The second kappa shape index (κ2) is 10.7. The number of carboxylic acid groups (broad SMARTS) is 1. The third-order valence-corrected chi connectivity index (χ3v) is 7.33. The minimum atomic E-state index is -1.00. The second-order valence-corrected chi connectivity index (χ2v) is 10.1. The number of benzene rings is 4. The topological polar surface area (TPSA) is 83.7 Å². The molecule has 4 aromatic carbocycles. The van der Waals surface area contributed by atoms with Crippen LogP contribution >= 0.6 is 0 Å². The van der Waals surface area contributed by atoms with Gasteiger partial charge in [-0.15, -0.1) is 0 Å². The van der Waals surface area contributed by atoms with Crippen LogP contribution in [0.15, 0.2) is 109 Å². The lowest BCUT2D eigenvalue weighted by molar-refractivity contribution is 0.0696. The number of rotatable bonds is 7. The van der Waals surface area contributed by atoms with Crippen molar-refractivity contribution in [3.05, 3.63) is 143 Å². The van der Waals surface area contributed by atoms with E-state index in [1.54, 1.807) is 35.0 Å². The molecule has 7 heteroatoms. The lowest BCUT2D eigenvalue weighted by Gasteiger charge is -2.16. The maximum Gasteiger partial charge on any atom is 0.335 e. The van der Waals surface area contributed by atoms with Gasteiger partial charge in [0.1, 0.15) is 5.82 Å². The largest absolute Gasteiger partial charge is 0.478 e. The third kappa shape index (κ3) is 5.17. The molecule has 0 aliphatic carbocycles. The van der Waals surface area contributed by atoms with Crippen molar-refractivity contribution in [2.24, 2.45) is 0 Å². The van der Waals surface area contributed by atoms with E-state index in [1.165, 1.54) is 18.2 Å². The number of carbonyl (C=O) groups is 2. The first-order chi connectivity index (χ1) is 19.9. The van der Waals surface area contributed by atoms with E-state index >= 15 is 0 Å². The lowest BCUT2D eigenvalue weighted by atomic mass is 9.98. The number of hydrogen-bond donors (Lipinski definition) is 2. The molecule has 0 saturated carbocycles. The summed E-state index contributed by atoms with van der Waals surface area (Å²) < 4.78 is 16.0. The fraction of sp³-hybridized carbons (Fsp3) is 0.0882. The molecule has 1 amide bonds. The van der Waals surface area contributed by atoms with Gasteiger partial charge in [0.2, 0.25) is 0 Å². The van der Waals surface area contributed by atoms with Gasteiger partial charge in [-0.3, -0.25) is 4.79 Å². The van der Waals surface area contributed by atoms with Crippen molar-refractivity contribution in [3.63, 3.8) is 0 Å². The average Bonchev–Trinajstić information content (AvgIpc) is 3.39. The Hall–Kier alpha value is -5.30. The highest BCUT2D eigenvalue weighted by molar-refractivity contribution is 6.03. The van der Waals surface area contributed by atoms with Gasteiger partial charge in [-0.1, -0.05) is 72.8 Å². The third-order valence-electron chi connectivity index (χ3n) is 7.33. The normalized spacial score (nSPS) is 12.0. The summed E-state index contributed by atoms with van der Waals surface area (Å²) in [7, 11) is 0. The Labute approximate surface area is 235 Å². The molecule has 6 aromatic rings. The maximum absolute atomic E-state index is 14.2. The number of aromatic carboxylic acids is 1. The molecule has 2 N–H and O–H groups in total. The van der Waals surface area contributed by atoms with Crippen LogP contribution in [0.25, 0.3) is 27.4 Å². The van der Waals surface area contributed by atoms with Crippen LogP contribution < -0.4 is 5.32 Å². The highest BCUT2D eigenvalue weighted by atomic mass is 19.1. The molecule has 6 rings (SSSR count). The van der Waals surface area contributed by atoms with Gasteiger partial charge in [-0.2, -0.15) is 5.10 Å². The molecule has 0 spiro atoms. The molecular weight excluding hydrogens is 517 g/mol. The number of hydrogen-bond acceptors (Lipinski definition) is 3. The first-order valence-corrected chi connectivity index (χ1v) is 13.2. The summed E-state index contributed by atoms with van der Waals surface area (Å²) in [5, 5.41) is 18.3. The van der Waals surface area contributed by atoms with E-state index in [9.17, 15) is 19.1 Å². The van der Waals surface area contributed by atoms with Crippen molar-refractivity contribution in [2.75, 3.05) is 0 Å². The summed E-state index contributed by atoms with van der Waals surface area (Å²) in [6.45, 7) is 1.86. The van der Waals surface area contributed by atoms with Crippen LogP contribution in [-0.4, -0.2) is 26.6 Å². The molecule has 0 saturated heterocycles. The Morgan fingerprint density at radius 2 is 1.71 bits per heavy atom. The van der Waals surface area contributed by atoms with Crippen LogP contribution in [-0.2, 0) is 6.42 Å². The van der Waals surface area contributed by atoms with Crippen LogP contribution in [0.3, 0.4) is 0 Å². The average molecular weight is 544 g/mol. The van der Waals surface area contributed by atoms with E-state index in [0.717, 1.165) is 33.2 Å². The quantitative estimate of drug-likeness (QED) is 0.226. The zero-order chi connectivity index (χ0) is 28.5. The SMILES string of the molecule is C[C@H](NC(=O)c1cc(-c2ccccc2)cn2ncc(Cc3ccc4c(F)cccc4c3)c12)c1ccc(C(=O)O)cc1. The van der Waals surface area contributed by atoms with E-state index in [1.807, 2.05) is 67.7 Å². The van der Waals surface area contributed by atoms with Gasteiger partial charge in [-0.05, 0) is 53.3 Å². The zero-order valence-electron chi connectivity index (χ0n) is 22.2. The Balaban J connectivity index is 1.39. The monoisotopic (exact) mass is 543 g/mol. The number of halogens is 1. The van der Waals surface area contributed by atoms with E-state index in [-0.39, 0.29) is 23.3 Å². The van der Waals surface area contributed by atoms with Gasteiger partial charge in [0.25, 0.3) is 5.91 Å². The highest BCUT2D eigenvalue weighted by Gasteiger charge is 2.20. The van der Waals surface area contributed by atoms with Crippen molar-refractivity contribution in [2.45, 2.75) is 19.4 Å². The number of pyridine rings is 1. The summed E-state index contributed by atoms with van der Waals surface area (Å²) in [5.41, 5.74) is 5.77. The van der Waals surface area contributed by atoms with Crippen molar-refractivity contribution in [1.29, 1.82) is 0 Å². The number of nitrogens with zero attached hydrogens (tertiary/aromatic N) is 2. The van der Waals surface area contributed by atoms with E-state index < -0.39 is 5.97 Å². The second-order valence-electron chi connectivity index (χ2n) is 10.1. The van der Waals surface area contributed by atoms with E-state index in [4.69, 9.17) is 0 Å². The van der Waals surface area contributed by atoms with Crippen LogP contribution in [0.1, 0.15) is 50.4 Å². The molecule has 6 nitrogen and oxygen atoms in total. The molecule has 0 aliphatic rings. The highest BCUT2D eigenvalue weighted by Crippen LogP contribution is 2.28. The summed E-state index contributed by atoms with van der Waals surface area (Å²) in [4.78, 5) is 25.1. The summed E-state index contributed by atoms with van der Waals surface area (Å²) >= 11 is 0. The van der Waals surface area contributed by atoms with Crippen molar-refractivity contribution in [1.82, 2.24) is 14.9 Å². The van der Waals surface area contributed by atoms with Gasteiger partial charge in [0.15, 0.2) is 0 Å². The molecule has 2 heterocycles. The molecule has 41 heavy (non-hydrogen) atoms. The fourth-order valence-electron chi connectivity index (χ4n) is 5.17. The molecule has 0 fully saturated rings. The molecular formula is C34H26FN3O3. The predicted octanol–water partition coefficient (Wildman–Crippen LogP) is 7.07. The number of carbonyl (C=O) groups excluding carboxylic acids is 1. The Morgan fingerprint density at radius 1 is 0.927 bits per heavy atom.